The van der Waals surface area contributed by atoms with Crippen molar-refractivity contribution in [2.75, 3.05) is 0 Å². The van der Waals surface area contributed by atoms with Crippen molar-refractivity contribution in [3.05, 3.63) is 11.6 Å². The third-order valence-electron chi connectivity index (χ3n) is 1.05. The van der Waals surface area contributed by atoms with Crippen molar-refractivity contribution >= 4 is 24.4 Å². The second-order valence-electron chi connectivity index (χ2n) is 1.77. The monoisotopic (exact) mass is 170 g/mol. The maximum absolute atomic E-state index is 10.6. The minimum atomic E-state index is -1.19. The summed E-state index contributed by atoms with van der Waals surface area (Å²) in [5.41, 5.74) is -0.577. The topological polar surface area (TPSA) is 86.7 Å². The first-order chi connectivity index (χ1) is 5.65. The molecule has 6 heteroatoms. The molecule has 0 amide bonds. The van der Waals surface area contributed by atoms with Crippen LogP contribution in [0.25, 0.3) is 0 Å². The van der Waals surface area contributed by atoms with E-state index in [0.717, 1.165) is 0 Å². The predicted molar refractivity (Wildman–Crippen MR) is 31.3 cm³/mol. The third-order valence-corrected chi connectivity index (χ3v) is 1.05. The Bertz CT molecular complexity index is 299. The molecule has 12 heavy (non-hydrogen) atoms. The molecule has 0 spiro atoms. The van der Waals surface area contributed by atoms with Gasteiger partial charge < -0.3 is 9.47 Å². The molecule has 6 nitrogen and oxygen atoms in total. The van der Waals surface area contributed by atoms with Crippen LogP contribution in [0.5, 0.6) is 0 Å². The van der Waals surface area contributed by atoms with Gasteiger partial charge in [0.25, 0.3) is 0 Å². The lowest BCUT2D eigenvalue weighted by Crippen LogP contribution is -2.12. The molecular formula is C6H2O6. The van der Waals surface area contributed by atoms with E-state index < -0.39 is 23.5 Å². The normalized spacial score (nSPS) is 15.2. The lowest BCUT2D eigenvalue weighted by atomic mass is 10.3. The van der Waals surface area contributed by atoms with Gasteiger partial charge in [-0.3, -0.25) is 4.79 Å². The number of ether oxygens (including phenoxy) is 2. The van der Waals surface area contributed by atoms with E-state index in [4.69, 9.17) is 0 Å². The van der Waals surface area contributed by atoms with Crippen LogP contribution in [0.2, 0.25) is 0 Å². The van der Waals surface area contributed by atoms with E-state index >= 15 is 0 Å². The largest absolute Gasteiger partial charge is 0.392 e. The standard InChI is InChI=1S/C6H2O6/c7-2-11-5(9)3-1-4(8)12-6(3)10/h1-2H. The highest BCUT2D eigenvalue weighted by Crippen LogP contribution is 2.08. The quantitative estimate of drug-likeness (QED) is 0.221. The van der Waals surface area contributed by atoms with Crippen LogP contribution in [-0.4, -0.2) is 24.4 Å². The Kier molecular flexibility index (Phi) is 2.00. The third kappa shape index (κ3) is 1.36. The summed E-state index contributed by atoms with van der Waals surface area (Å²) in [6.45, 7) is -0.140. The van der Waals surface area contributed by atoms with Crippen molar-refractivity contribution in [3.63, 3.8) is 0 Å². The van der Waals surface area contributed by atoms with E-state index in [1.54, 1.807) is 0 Å². The maximum Gasteiger partial charge on any atom is 0.353 e. The molecule has 0 saturated heterocycles. The van der Waals surface area contributed by atoms with Gasteiger partial charge in [-0.05, 0) is 0 Å². The lowest BCUT2D eigenvalue weighted by molar-refractivity contribution is -0.152. The number of hydrogen-bond donors (Lipinski definition) is 0. The summed E-state index contributed by atoms with van der Waals surface area (Å²) in [7, 11) is 0. The Balaban J connectivity index is 2.81. The SMILES string of the molecule is O=COC(=O)C1=CC(=O)OC1=O. The van der Waals surface area contributed by atoms with Crippen molar-refractivity contribution in [3.8, 4) is 0 Å². The van der Waals surface area contributed by atoms with Gasteiger partial charge >= 0.3 is 24.4 Å². The zero-order valence-electron chi connectivity index (χ0n) is 5.60. The summed E-state index contributed by atoms with van der Waals surface area (Å²) in [6, 6.07) is 0. The minimum absolute atomic E-state index is 0.140. The Hall–Kier alpha value is -1.98. The Morgan fingerprint density at radius 2 is 2.17 bits per heavy atom. The second-order valence-corrected chi connectivity index (χ2v) is 1.77. The molecule has 0 radical (unpaired) electrons. The van der Waals surface area contributed by atoms with Crippen molar-refractivity contribution in [1.29, 1.82) is 0 Å². The van der Waals surface area contributed by atoms with E-state index in [-0.39, 0.29) is 6.47 Å². The Morgan fingerprint density at radius 3 is 2.58 bits per heavy atom. The molecule has 0 bridgehead atoms. The Labute approximate surface area is 65.7 Å². The van der Waals surface area contributed by atoms with Crippen LogP contribution in [0.4, 0.5) is 0 Å². The molecule has 0 aromatic heterocycles. The van der Waals surface area contributed by atoms with E-state index in [1.165, 1.54) is 0 Å². The van der Waals surface area contributed by atoms with Crippen LogP contribution in [0.15, 0.2) is 11.6 Å². The van der Waals surface area contributed by atoms with Gasteiger partial charge in [-0.2, -0.15) is 0 Å². The number of esters is 3. The average molecular weight is 170 g/mol. The summed E-state index contributed by atoms with van der Waals surface area (Å²) in [4.78, 5) is 41.2. The summed E-state index contributed by atoms with van der Waals surface area (Å²) in [6.07, 6.45) is 0.661. The van der Waals surface area contributed by atoms with Crippen LogP contribution in [-0.2, 0) is 28.7 Å². The molecule has 0 aliphatic carbocycles. The summed E-state index contributed by atoms with van der Waals surface area (Å²) in [5.74, 6) is -3.24. The molecule has 62 valence electrons. The lowest BCUT2D eigenvalue weighted by Gasteiger charge is -1.92. The van der Waals surface area contributed by atoms with E-state index in [0.29, 0.717) is 6.08 Å². The average Bonchev–Trinajstić information content (AvgIpc) is 2.30. The smallest absolute Gasteiger partial charge is 0.353 e. The van der Waals surface area contributed by atoms with Crippen LogP contribution >= 0.6 is 0 Å². The molecule has 0 aromatic carbocycles. The number of rotatable bonds is 2. The van der Waals surface area contributed by atoms with Crippen molar-refractivity contribution < 1.29 is 28.7 Å². The molecular weight excluding hydrogens is 168 g/mol. The zero-order valence-corrected chi connectivity index (χ0v) is 5.60. The van der Waals surface area contributed by atoms with Gasteiger partial charge in [-0.1, -0.05) is 0 Å². The first-order valence-electron chi connectivity index (χ1n) is 2.77. The number of hydrogen-bond acceptors (Lipinski definition) is 6. The van der Waals surface area contributed by atoms with Crippen LogP contribution in [0.1, 0.15) is 0 Å². The van der Waals surface area contributed by atoms with Crippen LogP contribution < -0.4 is 0 Å². The molecule has 0 unspecified atom stereocenters. The zero-order chi connectivity index (χ0) is 9.14. The molecule has 1 heterocycles. The van der Waals surface area contributed by atoms with Crippen molar-refractivity contribution in [2.45, 2.75) is 0 Å². The molecule has 1 rings (SSSR count). The molecule has 0 aromatic rings. The highest BCUT2D eigenvalue weighted by molar-refractivity contribution is 6.24. The number of carbonyl (C=O) groups is 4. The molecule has 0 fully saturated rings. The highest BCUT2D eigenvalue weighted by Gasteiger charge is 2.30. The predicted octanol–water partition coefficient (Wildman–Crippen LogP) is -1.30. The van der Waals surface area contributed by atoms with E-state index in [9.17, 15) is 19.2 Å². The first kappa shape index (κ1) is 8.12. The first-order valence-corrected chi connectivity index (χ1v) is 2.77. The molecule has 0 N–H and O–H groups in total. The van der Waals surface area contributed by atoms with Gasteiger partial charge in [0.15, 0.2) is 5.57 Å². The highest BCUT2D eigenvalue weighted by atomic mass is 16.6. The minimum Gasteiger partial charge on any atom is -0.392 e. The van der Waals surface area contributed by atoms with Gasteiger partial charge in [0.05, 0.1) is 0 Å². The van der Waals surface area contributed by atoms with Gasteiger partial charge in [0.2, 0.25) is 0 Å². The number of cyclic esters (lactones) is 2. The Morgan fingerprint density at radius 1 is 1.50 bits per heavy atom. The molecule has 0 saturated carbocycles. The van der Waals surface area contributed by atoms with Gasteiger partial charge in [0.1, 0.15) is 0 Å². The summed E-state index contributed by atoms with van der Waals surface area (Å²) >= 11 is 0. The van der Waals surface area contributed by atoms with Gasteiger partial charge in [-0.15, -0.1) is 0 Å². The van der Waals surface area contributed by atoms with Gasteiger partial charge in [-0.25, -0.2) is 14.4 Å². The molecule has 1 aliphatic heterocycles. The fourth-order valence-electron chi connectivity index (χ4n) is 0.602. The summed E-state index contributed by atoms with van der Waals surface area (Å²) in [5, 5.41) is 0. The van der Waals surface area contributed by atoms with E-state index in [2.05, 4.69) is 9.47 Å². The van der Waals surface area contributed by atoms with E-state index in [1.807, 2.05) is 0 Å². The van der Waals surface area contributed by atoms with Crippen molar-refractivity contribution in [2.24, 2.45) is 0 Å². The fourth-order valence-corrected chi connectivity index (χ4v) is 0.602. The fraction of sp³-hybridized carbons (Fsp3) is 0. The van der Waals surface area contributed by atoms with Crippen LogP contribution in [0.3, 0.4) is 0 Å². The molecule has 1 aliphatic rings. The summed E-state index contributed by atoms with van der Waals surface area (Å²) < 4.78 is 7.76. The number of carbonyl (C=O) groups excluding carboxylic acids is 4. The van der Waals surface area contributed by atoms with Crippen LogP contribution in [0, 0.1) is 0 Å². The molecule has 0 atom stereocenters. The van der Waals surface area contributed by atoms with Gasteiger partial charge in [0, 0.05) is 6.08 Å². The maximum atomic E-state index is 10.6. The second kappa shape index (κ2) is 2.95. The van der Waals surface area contributed by atoms with Crippen molar-refractivity contribution in [1.82, 2.24) is 0 Å².